The molecule has 0 saturated carbocycles. The van der Waals surface area contributed by atoms with Crippen molar-refractivity contribution < 1.29 is 5.11 Å². The van der Waals surface area contributed by atoms with Crippen molar-refractivity contribution in [3.05, 3.63) is 26.3 Å². The standard InChI is InChI=1S/C7H6ClIO/c1-4-6(10)3-2-5(8)7(4)9/h2-3,10H,1H3. The Labute approximate surface area is 78.2 Å². The molecule has 1 rings (SSSR count). The average Bonchev–Trinajstić information content (AvgIpc) is 1.93. The topological polar surface area (TPSA) is 20.2 Å². The Morgan fingerprint density at radius 1 is 1.50 bits per heavy atom. The van der Waals surface area contributed by atoms with Gasteiger partial charge in [0.1, 0.15) is 5.75 Å². The van der Waals surface area contributed by atoms with E-state index in [0.29, 0.717) is 10.8 Å². The van der Waals surface area contributed by atoms with Crippen LogP contribution in [0.1, 0.15) is 5.56 Å². The molecular weight excluding hydrogens is 262 g/mol. The fourth-order valence-corrected chi connectivity index (χ4v) is 1.30. The van der Waals surface area contributed by atoms with Crippen molar-refractivity contribution in [2.45, 2.75) is 6.92 Å². The summed E-state index contributed by atoms with van der Waals surface area (Å²) in [6, 6.07) is 3.28. The maximum Gasteiger partial charge on any atom is 0.119 e. The van der Waals surface area contributed by atoms with Gasteiger partial charge in [-0.25, -0.2) is 0 Å². The van der Waals surface area contributed by atoms with Gasteiger partial charge in [0.05, 0.1) is 5.02 Å². The number of phenolic OH excluding ortho intramolecular Hbond substituents is 1. The van der Waals surface area contributed by atoms with Crippen LogP contribution in [-0.4, -0.2) is 5.11 Å². The van der Waals surface area contributed by atoms with Crippen LogP contribution in [0.5, 0.6) is 5.75 Å². The second kappa shape index (κ2) is 2.96. The van der Waals surface area contributed by atoms with Gasteiger partial charge in [-0.05, 0) is 41.6 Å². The quantitative estimate of drug-likeness (QED) is 0.717. The molecule has 0 aliphatic carbocycles. The van der Waals surface area contributed by atoms with E-state index in [1.165, 1.54) is 0 Å². The fraction of sp³-hybridized carbons (Fsp3) is 0.143. The van der Waals surface area contributed by atoms with Crippen LogP contribution in [0.2, 0.25) is 5.02 Å². The van der Waals surface area contributed by atoms with Crippen LogP contribution in [-0.2, 0) is 0 Å². The van der Waals surface area contributed by atoms with Crippen LogP contribution in [0.3, 0.4) is 0 Å². The van der Waals surface area contributed by atoms with Crippen molar-refractivity contribution in [2.24, 2.45) is 0 Å². The Hall–Kier alpha value is 0.0400. The van der Waals surface area contributed by atoms with Crippen molar-refractivity contribution >= 4 is 34.2 Å². The first-order chi connectivity index (χ1) is 4.63. The summed E-state index contributed by atoms with van der Waals surface area (Å²) in [4.78, 5) is 0. The lowest BCUT2D eigenvalue weighted by Crippen LogP contribution is -1.81. The van der Waals surface area contributed by atoms with E-state index in [4.69, 9.17) is 16.7 Å². The third-order valence-electron chi connectivity index (χ3n) is 1.31. The molecule has 0 saturated heterocycles. The molecular formula is C7H6ClIO. The van der Waals surface area contributed by atoms with Crippen LogP contribution in [0.4, 0.5) is 0 Å². The Morgan fingerprint density at radius 2 is 2.10 bits per heavy atom. The molecule has 1 aromatic rings. The van der Waals surface area contributed by atoms with E-state index in [0.717, 1.165) is 9.13 Å². The van der Waals surface area contributed by atoms with Crippen LogP contribution < -0.4 is 0 Å². The Morgan fingerprint density at radius 3 is 2.60 bits per heavy atom. The van der Waals surface area contributed by atoms with Gasteiger partial charge in [0.15, 0.2) is 0 Å². The molecule has 0 aliphatic heterocycles. The van der Waals surface area contributed by atoms with Crippen molar-refractivity contribution in [3.63, 3.8) is 0 Å². The summed E-state index contributed by atoms with van der Waals surface area (Å²) >= 11 is 7.87. The third kappa shape index (κ3) is 1.37. The number of aromatic hydroxyl groups is 1. The van der Waals surface area contributed by atoms with Crippen LogP contribution in [0.25, 0.3) is 0 Å². The first-order valence-corrected chi connectivity index (χ1v) is 4.22. The molecule has 0 unspecified atom stereocenters. The lowest BCUT2D eigenvalue weighted by Gasteiger charge is -2.01. The molecule has 0 aromatic heterocycles. The minimum absolute atomic E-state index is 0.300. The van der Waals surface area contributed by atoms with Crippen LogP contribution >= 0.6 is 34.2 Å². The number of hydrogen-bond acceptors (Lipinski definition) is 1. The maximum atomic E-state index is 9.16. The minimum atomic E-state index is 0.300. The normalized spacial score (nSPS) is 9.90. The molecule has 0 heterocycles. The van der Waals surface area contributed by atoms with E-state index in [-0.39, 0.29) is 0 Å². The molecule has 0 bridgehead atoms. The van der Waals surface area contributed by atoms with Gasteiger partial charge in [0, 0.05) is 9.13 Å². The zero-order valence-corrected chi connectivity index (χ0v) is 8.27. The van der Waals surface area contributed by atoms with E-state index in [1.54, 1.807) is 12.1 Å². The molecule has 0 fully saturated rings. The molecule has 0 atom stereocenters. The molecule has 0 radical (unpaired) electrons. The third-order valence-corrected chi connectivity index (χ3v) is 3.33. The molecule has 1 nitrogen and oxygen atoms in total. The fourth-order valence-electron chi connectivity index (χ4n) is 0.642. The van der Waals surface area contributed by atoms with Gasteiger partial charge in [-0.3, -0.25) is 0 Å². The number of rotatable bonds is 0. The summed E-state index contributed by atoms with van der Waals surface area (Å²) in [5, 5.41) is 9.85. The molecule has 54 valence electrons. The van der Waals surface area contributed by atoms with E-state index >= 15 is 0 Å². The Balaban J connectivity index is 3.34. The van der Waals surface area contributed by atoms with Crippen LogP contribution in [0.15, 0.2) is 12.1 Å². The van der Waals surface area contributed by atoms with Crippen molar-refractivity contribution in [2.75, 3.05) is 0 Å². The average molecular weight is 268 g/mol. The van der Waals surface area contributed by atoms with Gasteiger partial charge in [0.25, 0.3) is 0 Å². The lowest BCUT2D eigenvalue weighted by molar-refractivity contribution is 0.470. The first kappa shape index (κ1) is 8.14. The van der Waals surface area contributed by atoms with Gasteiger partial charge in [0.2, 0.25) is 0 Å². The zero-order valence-electron chi connectivity index (χ0n) is 5.36. The largest absolute Gasteiger partial charge is 0.508 e. The highest BCUT2D eigenvalue weighted by atomic mass is 127. The van der Waals surface area contributed by atoms with Crippen molar-refractivity contribution in [1.82, 2.24) is 0 Å². The zero-order chi connectivity index (χ0) is 7.72. The van der Waals surface area contributed by atoms with Gasteiger partial charge >= 0.3 is 0 Å². The summed E-state index contributed by atoms with van der Waals surface area (Å²) in [6.07, 6.45) is 0. The molecule has 1 aromatic carbocycles. The maximum absolute atomic E-state index is 9.16. The highest BCUT2D eigenvalue weighted by Gasteiger charge is 2.03. The van der Waals surface area contributed by atoms with E-state index in [2.05, 4.69) is 22.6 Å². The summed E-state index contributed by atoms with van der Waals surface area (Å²) in [6.45, 7) is 1.84. The predicted octanol–water partition coefficient (Wildman–Crippen LogP) is 2.96. The van der Waals surface area contributed by atoms with E-state index in [1.807, 2.05) is 6.92 Å². The molecule has 0 aliphatic rings. The van der Waals surface area contributed by atoms with Gasteiger partial charge in [-0.1, -0.05) is 11.6 Å². The Kier molecular flexibility index (Phi) is 2.41. The van der Waals surface area contributed by atoms with Gasteiger partial charge in [-0.15, -0.1) is 0 Å². The molecule has 1 N–H and O–H groups in total. The number of halogens is 2. The highest BCUT2D eigenvalue weighted by Crippen LogP contribution is 2.27. The number of phenols is 1. The summed E-state index contributed by atoms with van der Waals surface area (Å²) < 4.78 is 0.916. The SMILES string of the molecule is Cc1c(O)ccc(Cl)c1I. The summed E-state index contributed by atoms with van der Waals surface area (Å²) in [7, 11) is 0. The molecule has 0 amide bonds. The summed E-state index contributed by atoms with van der Waals surface area (Å²) in [5.41, 5.74) is 0.841. The first-order valence-electron chi connectivity index (χ1n) is 2.76. The number of hydrogen-bond donors (Lipinski definition) is 1. The van der Waals surface area contributed by atoms with Crippen molar-refractivity contribution in [3.8, 4) is 5.75 Å². The molecule has 3 heteroatoms. The molecule has 10 heavy (non-hydrogen) atoms. The van der Waals surface area contributed by atoms with E-state index in [9.17, 15) is 0 Å². The second-order valence-electron chi connectivity index (χ2n) is 2.01. The van der Waals surface area contributed by atoms with Crippen LogP contribution in [0, 0.1) is 10.5 Å². The number of benzene rings is 1. The van der Waals surface area contributed by atoms with E-state index < -0.39 is 0 Å². The second-order valence-corrected chi connectivity index (χ2v) is 3.49. The van der Waals surface area contributed by atoms with Crippen molar-refractivity contribution in [1.29, 1.82) is 0 Å². The monoisotopic (exact) mass is 268 g/mol. The molecule has 0 spiro atoms. The predicted molar refractivity (Wildman–Crippen MR) is 50.6 cm³/mol. The van der Waals surface area contributed by atoms with Gasteiger partial charge < -0.3 is 5.11 Å². The lowest BCUT2D eigenvalue weighted by atomic mass is 10.2. The highest BCUT2D eigenvalue weighted by molar-refractivity contribution is 14.1. The Bertz CT molecular complexity index is 233. The minimum Gasteiger partial charge on any atom is -0.508 e. The smallest absolute Gasteiger partial charge is 0.119 e. The summed E-state index contributed by atoms with van der Waals surface area (Å²) in [5.74, 6) is 0.300. The van der Waals surface area contributed by atoms with Gasteiger partial charge in [-0.2, -0.15) is 0 Å².